The third-order valence-electron chi connectivity index (χ3n) is 4.82. The summed E-state index contributed by atoms with van der Waals surface area (Å²) in [6.07, 6.45) is 2.52. The summed E-state index contributed by atoms with van der Waals surface area (Å²) in [6.45, 7) is 14.9. The van der Waals surface area contributed by atoms with Gasteiger partial charge >= 0.3 is 0 Å². The van der Waals surface area contributed by atoms with Crippen LogP contribution in [0.15, 0.2) is 24.3 Å². The van der Waals surface area contributed by atoms with Crippen LogP contribution >= 0.6 is 0 Å². The quantitative estimate of drug-likeness (QED) is 0.830. The van der Waals surface area contributed by atoms with Gasteiger partial charge in [-0.05, 0) is 47.3 Å². The normalized spacial score (nSPS) is 22.6. The van der Waals surface area contributed by atoms with E-state index in [-0.39, 0.29) is 5.41 Å². The molecule has 0 bridgehead atoms. The highest BCUT2D eigenvalue weighted by Gasteiger charge is 2.49. The van der Waals surface area contributed by atoms with Crippen molar-refractivity contribution >= 4 is 0 Å². The zero-order valence-corrected chi connectivity index (χ0v) is 14.1. The smallest absolute Gasteiger partial charge is 0.0141 e. The minimum Gasteiger partial charge on any atom is -0.314 e. The molecular weight excluding hydrogens is 242 g/mol. The second kappa shape index (κ2) is 5.52. The molecule has 2 unspecified atom stereocenters. The van der Waals surface area contributed by atoms with Crippen LogP contribution in [-0.4, -0.2) is 12.6 Å². The van der Waals surface area contributed by atoms with E-state index < -0.39 is 0 Å². The predicted molar refractivity (Wildman–Crippen MR) is 88.2 cm³/mol. The van der Waals surface area contributed by atoms with Gasteiger partial charge in [-0.1, -0.05) is 65.8 Å². The Hall–Kier alpha value is -0.820. The Kier molecular flexibility index (Phi) is 4.30. The Balaban J connectivity index is 2.04. The molecule has 1 fully saturated rings. The average molecular weight is 273 g/mol. The van der Waals surface area contributed by atoms with E-state index in [4.69, 9.17) is 0 Å². The summed E-state index contributed by atoms with van der Waals surface area (Å²) < 4.78 is 0. The molecule has 1 nitrogen and oxygen atoms in total. The highest BCUT2D eigenvalue weighted by atomic mass is 14.9. The van der Waals surface area contributed by atoms with Crippen molar-refractivity contribution in [1.82, 2.24) is 5.32 Å². The van der Waals surface area contributed by atoms with Gasteiger partial charge in [-0.2, -0.15) is 0 Å². The Labute approximate surface area is 125 Å². The zero-order valence-electron chi connectivity index (χ0n) is 14.1. The molecule has 1 aromatic carbocycles. The highest BCUT2D eigenvalue weighted by Crippen LogP contribution is 2.54. The fourth-order valence-corrected chi connectivity index (χ4v) is 3.21. The Morgan fingerprint density at radius 1 is 1.20 bits per heavy atom. The first kappa shape index (κ1) is 15.6. The minimum absolute atomic E-state index is 0.248. The van der Waals surface area contributed by atoms with Crippen LogP contribution in [-0.2, 0) is 11.8 Å². The number of rotatable bonds is 5. The molecule has 20 heavy (non-hydrogen) atoms. The van der Waals surface area contributed by atoms with Crippen LogP contribution in [0.3, 0.4) is 0 Å². The van der Waals surface area contributed by atoms with Crippen LogP contribution in [0.4, 0.5) is 0 Å². The summed E-state index contributed by atoms with van der Waals surface area (Å²) in [5.41, 5.74) is 3.68. The molecule has 1 aliphatic rings. The van der Waals surface area contributed by atoms with Gasteiger partial charge in [0.2, 0.25) is 0 Å². The third-order valence-corrected chi connectivity index (χ3v) is 4.82. The summed E-state index contributed by atoms with van der Waals surface area (Å²) in [7, 11) is 0. The molecule has 0 amide bonds. The maximum Gasteiger partial charge on any atom is 0.0141 e. The van der Waals surface area contributed by atoms with Gasteiger partial charge in [0, 0.05) is 6.04 Å². The molecule has 0 radical (unpaired) electrons. The number of benzene rings is 1. The van der Waals surface area contributed by atoms with Crippen molar-refractivity contribution in [2.24, 2.45) is 11.3 Å². The van der Waals surface area contributed by atoms with Crippen molar-refractivity contribution in [3.8, 4) is 0 Å². The van der Waals surface area contributed by atoms with Gasteiger partial charge in [0.25, 0.3) is 0 Å². The first-order valence-electron chi connectivity index (χ1n) is 8.07. The summed E-state index contributed by atoms with van der Waals surface area (Å²) in [4.78, 5) is 0. The molecule has 0 heterocycles. The van der Waals surface area contributed by atoms with Crippen LogP contribution in [0, 0.1) is 11.3 Å². The second-order valence-corrected chi connectivity index (χ2v) is 8.11. The second-order valence-electron chi connectivity index (χ2n) is 8.11. The van der Waals surface area contributed by atoms with E-state index in [1.165, 1.54) is 17.5 Å². The molecule has 0 aliphatic heterocycles. The molecule has 0 aromatic heterocycles. The topological polar surface area (TPSA) is 12.0 Å². The molecule has 1 N–H and O–H groups in total. The van der Waals surface area contributed by atoms with Gasteiger partial charge in [0.05, 0.1) is 0 Å². The standard InChI is InChI=1S/C19H31N/c1-7-20-17(16-13-19(16,5)6)12-14-8-10-15(11-9-14)18(2,3)4/h8-11,16-17,20H,7,12-13H2,1-6H3. The first-order chi connectivity index (χ1) is 9.24. The molecule has 2 atom stereocenters. The largest absolute Gasteiger partial charge is 0.314 e. The Morgan fingerprint density at radius 2 is 1.75 bits per heavy atom. The summed E-state index contributed by atoms with van der Waals surface area (Å²) in [5.74, 6) is 0.838. The molecule has 1 heteroatoms. The van der Waals surface area contributed by atoms with E-state index in [0.29, 0.717) is 11.5 Å². The lowest BCUT2D eigenvalue weighted by molar-refractivity contribution is 0.409. The van der Waals surface area contributed by atoms with E-state index in [1.807, 2.05) is 0 Å². The van der Waals surface area contributed by atoms with Crippen molar-refractivity contribution in [2.75, 3.05) is 6.54 Å². The van der Waals surface area contributed by atoms with Gasteiger partial charge in [0.1, 0.15) is 0 Å². The summed E-state index contributed by atoms with van der Waals surface area (Å²) in [6, 6.07) is 9.88. The summed E-state index contributed by atoms with van der Waals surface area (Å²) in [5, 5.41) is 3.69. The number of likely N-dealkylation sites (N-methyl/N-ethyl adjacent to an activating group) is 1. The van der Waals surface area contributed by atoms with E-state index in [1.54, 1.807) is 0 Å². The maximum atomic E-state index is 3.69. The van der Waals surface area contributed by atoms with Crippen molar-refractivity contribution in [3.05, 3.63) is 35.4 Å². The molecule has 112 valence electrons. The van der Waals surface area contributed by atoms with Crippen LogP contribution < -0.4 is 5.32 Å². The fourth-order valence-electron chi connectivity index (χ4n) is 3.21. The maximum absolute atomic E-state index is 3.69. The Bertz CT molecular complexity index is 436. The lowest BCUT2D eigenvalue weighted by atomic mass is 9.86. The van der Waals surface area contributed by atoms with Gasteiger partial charge in [-0.3, -0.25) is 0 Å². The monoisotopic (exact) mass is 273 g/mol. The zero-order chi connectivity index (χ0) is 15.0. The highest BCUT2D eigenvalue weighted by molar-refractivity contribution is 5.28. The van der Waals surface area contributed by atoms with Gasteiger partial charge in [-0.25, -0.2) is 0 Å². The van der Waals surface area contributed by atoms with E-state index in [2.05, 4.69) is 71.1 Å². The molecule has 0 spiro atoms. The van der Waals surface area contributed by atoms with Crippen LogP contribution in [0.25, 0.3) is 0 Å². The van der Waals surface area contributed by atoms with E-state index in [9.17, 15) is 0 Å². The minimum atomic E-state index is 0.248. The number of hydrogen-bond acceptors (Lipinski definition) is 1. The SMILES string of the molecule is CCNC(Cc1ccc(C(C)(C)C)cc1)C1CC1(C)C. The molecular formula is C19H31N. The third kappa shape index (κ3) is 3.63. The van der Waals surface area contributed by atoms with Gasteiger partial charge in [-0.15, -0.1) is 0 Å². The van der Waals surface area contributed by atoms with Crippen molar-refractivity contribution in [3.63, 3.8) is 0 Å². The molecule has 0 saturated heterocycles. The van der Waals surface area contributed by atoms with Crippen molar-refractivity contribution < 1.29 is 0 Å². The van der Waals surface area contributed by atoms with Crippen molar-refractivity contribution in [1.29, 1.82) is 0 Å². The van der Waals surface area contributed by atoms with Gasteiger partial charge in [0.15, 0.2) is 0 Å². The van der Waals surface area contributed by atoms with Crippen molar-refractivity contribution in [2.45, 2.75) is 65.8 Å². The Morgan fingerprint density at radius 3 is 2.15 bits per heavy atom. The van der Waals surface area contributed by atoms with Crippen LogP contribution in [0.1, 0.15) is 59.1 Å². The molecule has 1 aliphatic carbocycles. The van der Waals surface area contributed by atoms with Gasteiger partial charge < -0.3 is 5.32 Å². The number of hydrogen-bond donors (Lipinski definition) is 1. The molecule has 2 rings (SSSR count). The molecule has 1 aromatic rings. The van der Waals surface area contributed by atoms with Crippen LogP contribution in [0.2, 0.25) is 0 Å². The number of nitrogens with one attached hydrogen (secondary N) is 1. The lowest BCUT2D eigenvalue weighted by Gasteiger charge is -2.22. The lowest BCUT2D eigenvalue weighted by Crippen LogP contribution is -2.34. The van der Waals surface area contributed by atoms with E-state index in [0.717, 1.165) is 18.9 Å². The van der Waals surface area contributed by atoms with Crippen LogP contribution in [0.5, 0.6) is 0 Å². The first-order valence-corrected chi connectivity index (χ1v) is 8.07. The fraction of sp³-hybridized carbons (Fsp3) is 0.684. The predicted octanol–water partition coefficient (Wildman–Crippen LogP) is 4.55. The molecule has 1 saturated carbocycles. The average Bonchev–Trinajstić information content (AvgIpc) is 2.97. The van der Waals surface area contributed by atoms with E-state index >= 15 is 0 Å². The summed E-state index contributed by atoms with van der Waals surface area (Å²) >= 11 is 0.